The zero-order valence-corrected chi connectivity index (χ0v) is 13.3. The van der Waals surface area contributed by atoms with Gasteiger partial charge in [-0.15, -0.1) is 0 Å². The normalized spacial score (nSPS) is 11.6. The van der Waals surface area contributed by atoms with Gasteiger partial charge in [-0.2, -0.15) is 14.9 Å². The minimum atomic E-state index is 0.424. The van der Waals surface area contributed by atoms with Crippen molar-refractivity contribution in [2.45, 2.75) is 6.92 Å². The van der Waals surface area contributed by atoms with Gasteiger partial charge in [-0.1, -0.05) is 17.7 Å². The molecule has 0 fully saturated rings. The van der Waals surface area contributed by atoms with Crippen LogP contribution in [-0.4, -0.2) is 25.6 Å². The van der Waals surface area contributed by atoms with E-state index in [9.17, 15) is 0 Å². The third-order valence-corrected chi connectivity index (χ3v) is 3.60. The molecule has 0 aliphatic rings. The van der Waals surface area contributed by atoms with Crippen molar-refractivity contribution in [2.75, 3.05) is 0 Å². The number of halogens is 1. The van der Waals surface area contributed by atoms with Crippen LogP contribution in [0.2, 0.25) is 5.02 Å². The fourth-order valence-corrected chi connectivity index (χ4v) is 2.25. The fourth-order valence-electron chi connectivity index (χ4n) is 1.95. The molecule has 0 bridgehead atoms. The van der Waals surface area contributed by atoms with E-state index in [4.69, 9.17) is 23.8 Å². The molecule has 1 aromatic carbocycles. The number of hydrogen-bond acceptors (Lipinski definition) is 4. The number of benzene rings is 1. The Morgan fingerprint density at radius 2 is 2.05 bits per heavy atom. The average molecular weight is 330 g/mol. The predicted octanol–water partition coefficient (Wildman–Crippen LogP) is 3.93. The molecule has 0 unspecified atom stereocenters. The molecule has 0 radical (unpaired) electrons. The van der Waals surface area contributed by atoms with Crippen molar-refractivity contribution in [2.24, 2.45) is 5.10 Å². The quantitative estimate of drug-likeness (QED) is 0.585. The summed E-state index contributed by atoms with van der Waals surface area (Å²) in [5, 5.41) is 12.2. The Balaban J connectivity index is 2.07. The first-order chi connectivity index (χ1) is 10.6. The third kappa shape index (κ3) is 2.98. The van der Waals surface area contributed by atoms with E-state index >= 15 is 0 Å². The van der Waals surface area contributed by atoms with E-state index in [1.165, 1.54) is 0 Å². The molecule has 0 saturated carbocycles. The van der Waals surface area contributed by atoms with Gasteiger partial charge < -0.3 is 0 Å². The Bertz CT molecular complexity index is 865. The molecule has 0 amide bonds. The highest BCUT2D eigenvalue weighted by Gasteiger charge is 2.09. The summed E-state index contributed by atoms with van der Waals surface area (Å²) < 4.78 is 2.02. The molecule has 22 heavy (non-hydrogen) atoms. The van der Waals surface area contributed by atoms with Crippen LogP contribution in [0, 0.1) is 4.77 Å². The Morgan fingerprint density at radius 1 is 1.27 bits per heavy atom. The van der Waals surface area contributed by atoms with Gasteiger partial charge in [-0.05, 0) is 49.5 Å². The lowest BCUT2D eigenvalue weighted by atomic mass is 10.2. The average Bonchev–Trinajstić information content (AvgIpc) is 2.90. The first-order valence-corrected chi connectivity index (χ1v) is 7.33. The van der Waals surface area contributed by atoms with Gasteiger partial charge in [0.2, 0.25) is 4.77 Å². The van der Waals surface area contributed by atoms with Crippen LogP contribution in [0.15, 0.2) is 53.9 Å². The number of rotatable bonds is 3. The molecule has 0 spiro atoms. The molecular weight excluding hydrogens is 318 g/mol. The van der Waals surface area contributed by atoms with Gasteiger partial charge in [-0.3, -0.25) is 4.98 Å². The molecule has 0 aliphatic carbocycles. The van der Waals surface area contributed by atoms with Gasteiger partial charge in [0.1, 0.15) is 0 Å². The van der Waals surface area contributed by atoms with Crippen LogP contribution in [0.3, 0.4) is 0 Å². The van der Waals surface area contributed by atoms with Gasteiger partial charge in [0.15, 0.2) is 5.82 Å². The lowest BCUT2D eigenvalue weighted by Crippen LogP contribution is -2.02. The Hall–Kier alpha value is -2.31. The second kappa shape index (κ2) is 6.21. The fraction of sp³-hybridized carbons (Fsp3) is 0.0667. The maximum atomic E-state index is 5.92. The summed E-state index contributed by atoms with van der Waals surface area (Å²) in [6.45, 7) is 1.90. The molecule has 2 aromatic heterocycles. The number of H-pyrrole nitrogens is 1. The summed E-state index contributed by atoms with van der Waals surface area (Å²) in [4.78, 5) is 4.09. The van der Waals surface area contributed by atoms with E-state index in [2.05, 4.69) is 20.3 Å². The smallest absolute Gasteiger partial charge is 0.216 e. The lowest BCUT2D eigenvalue weighted by Gasteiger charge is -2.04. The topological polar surface area (TPSA) is 58.9 Å². The summed E-state index contributed by atoms with van der Waals surface area (Å²) in [7, 11) is 0. The number of nitrogens with one attached hydrogen (secondary N) is 1. The maximum Gasteiger partial charge on any atom is 0.216 e. The van der Waals surface area contributed by atoms with Gasteiger partial charge in [0.05, 0.1) is 5.71 Å². The molecule has 7 heteroatoms. The van der Waals surface area contributed by atoms with Crippen LogP contribution in [0.25, 0.3) is 11.4 Å². The van der Waals surface area contributed by atoms with Crippen molar-refractivity contribution in [1.29, 1.82) is 0 Å². The first-order valence-electron chi connectivity index (χ1n) is 6.54. The van der Waals surface area contributed by atoms with E-state index in [-0.39, 0.29) is 0 Å². The summed E-state index contributed by atoms with van der Waals surface area (Å²) >= 11 is 11.2. The predicted molar refractivity (Wildman–Crippen MR) is 89.7 cm³/mol. The number of aromatic amines is 1. The van der Waals surface area contributed by atoms with Gasteiger partial charge in [0.25, 0.3) is 0 Å². The van der Waals surface area contributed by atoms with E-state index in [0.717, 1.165) is 16.8 Å². The van der Waals surface area contributed by atoms with Crippen LogP contribution in [0.1, 0.15) is 12.5 Å². The summed E-state index contributed by atoms with van der Waals surface area (Å²) in [5.74, 6) is 0.630. The molecular formula is C15H12ClN5S. The van der Waals surface area contributed by atoms with Crippen LogP contribution < -0.4 is 0 Å². The van der Waals surface area contributed by atoms with Crippen molar-refractivity contribution in [3.05, 3.63) is 64.1 Å². The van der Waals surface area contributed by atoms with E-state index in [1.54, 1.807) is 29.2 Å². The number of nitrogens with zero attached hydrogens (tertiary/aromatic N) is 4. The summed E-state index contributed by atoms with van der Waals surface area (Å²) in [6, 6.07) is 11.2. The Kier molecular flexibility index (Phi) is 4.13. The van der Waals surface area contributed by atoms with Crippen LogP contribution in [0.4, 0.5) is 0 Å². The highest BCUT2D eigenvalue weighted by Crippen LogP contribution is 2.20. The molecule has 3 aromatic rings. The summed E-state index contributed by atoms with van der Waals surface area (Å²) in [6.07, 6.45) is 3.48. The van der Waals surface area contributed by atoms with E-state index in [1.807, 2.05) is 31.2 Å². The number of pyridine rings is 1. The third-order valence-electron chi connectivity index (χ3n) is 3.08. The molecule has 3 rings (SSSR count). The number of hydrogen-bond donors (Lipinski definition) is 1. The van der Waals surface area contributed by atoms with Crippen molar-refractivity contribution in [3.8, 4) is 11.4 Å². The van der Waals surface area contributed by atoms with Crippen molar-refractivity contribution in [1.82, 2.24) is 19.9 Å². The molecule has 0 atom stereocenters. The maximum absolute atomic E-state index is 5.92. The van der Waals surface area contributed by atoms with Gasteiger partial charge in [0, 0.05) is 28.5 Å². The van der Waals surface area contributed by atoms with Crippen molar-refractivity contribution in [3.63, 3.8) is 0 Å². The largest absolute Gasteiger partial charge is 0.264 e. The zero-order chi connectivity index (χ0) is 15.5. The summed E-state index contributed by atoms with van der Waals surface area (Å²) in [5.41, 5.74) is 2.59. The standard InChI is InChI=1S/C15H12ClN5S/c1-10(12-3-2-8-17-9-12)20-21-14(18-19-15(21)22)11-4-6-13(16)7-5-11/h2-9H,1H3,(H,19,22)/b20-10+. The Labute approximate surface area is 137 Å². The zero-order valence-electron chi connectivity index (χ0n) is 11.7. The van der Waals surface area contributed by atoms with E-state index in [0.29, 0.717) is 15.6 Å². The monoisotopic (exact) mass is 329 g/mol. The van der Waals surface area contributed by atoms with Crippen LogP contribution >= 0.6 is 23.8 Å². The molecule has 0 saturated heterocycles. The van der Waals surface area contributed by atoms with E-state index < -0.39 is 0 Å². The van der Waals surface area contributed by atoms with Gasteiger partial charge in [-0.25, -0.2) is 5.10 Å². The first kappa shape index (κ1) is 14.6. The van der Waals surface area contributed by atoms with Crippen molar-refractivity contribution >= 4 is 29.5 Å². The molecule has 2 heterocycles. The molecule has 5 nitrogen and oxygen atoms in total. The minimum Gasteiger partial charge on any atom is -0.264 e. The molecule has 0 aliphatic heterocycles. The highest BCUT2D eigenvalue weighted by atomic mass is 35.5. The second-order valence-corrected chi connectivity index (χ2v) is 5.42. The SMILES string of the molecule is C/C(=N\n1c(-c2ccc(Cl)cc2)n[nH]c1=S)c1cccnc1. The minimum absolute atomic E-state index is 0.424. The lowest BCUT2D eigenvalue weighted by molar-refractivity contribution is 0.864. The second-order valence-electron chi connectivity index (χ2n) is 4.60. The highest BCUT2D eigenvalue weighted by molar-refractivity contribution is 7.71. The van der Waals surface area contributed by atoms with Crippen LogP contribution in [-0.2, 0) is 0 Å². The molecule has 110 valence electrons. The van der Waals surface area contributed by atoms with Gasteiger partial charge >= 0.3 is 0 Å². The van der Waals surface area contributed by atoms with Crippen molar-refractivity contribution < 1.29 is 0 Å². The molecule has 1 N–H and O–H groups in total. The van der Waals surface area contributed by atoms with Crippen LogP contribution in [0.5, 0.6) is 0 Å². The Morgan fingerprint density at radius 3 is 2.73 bits per heavy atom. The number of aromatic nitrogens is 4.